The molecule has 1 N–H and O–H groups in total. The molecule has 3 nitrogen and oxygen atoms in total. The second kappa shape index (κ2) is 5.19. The number of alkyl carbamates (subject to hydrolysis) is 1. The number of rotatable bonds is 2. The molecule has 1 rings (SSSR count). The van der Waals surface area contributed by atoms with Gasteiger partial charge in [-0.05, 0) is 33.6 Å². The van der Waals surface area contributed by atoms with Gasteiger partial charge in [0.2, 0.25) is 0 Å². The third-order valence-electron chi connectivity index (χ3n) is 2.31. The number of ether oxygens (including phenoxy) is 1. The minimum absolute atomic E-state index is 0.0646. The molecular formula is C13H21NO2. The number of hydrogen-bond donors (Lipinski definition) is 1. The third-order valence-corrected chi connectivity index (χ3v) is 2.31. The van der Waals surface area contributed by atoms with Crippen LogP contribution >= 0.6 is 0 Å². The first-order chi connectivity index (χ1) is 7.40. The fourth-order valence-electron chi connectivity index (χ4n) is 1.56. The molecule has 90 valence electrons. The smallest absolute Gasteiger partial charge is 0.408 e. The van der Waals surface area contributed by atoms with E-state index in [4.69, 9.17) is 4.74 Å². The predicted molar refractivity (Wildman–Crippen MR) is 65.3 cm³/mol. The highest BCUT2D eigenvalue weighted by Crippen LogP contribution is 2.16. The number of carbonyl (C=O) groups is 1. The van der Waals surface area contributed by atoms with Gasteiger partial charge in [0, 0.05) is 0 Å². The summed E-state index contributed by atoms with van der Waals surface area (Å²) in [5, 5.41) is 2.85. The van der Waals surface area contributed by atoms with E-state index < -0.39 is 5.60 Å². The largest absolute Gasteiger partial charge is 0.444 e. The van der Waals surface area contributed by atoms with Gasteiger partial charge in [-0.25, -0.2) is 4.79 Å². The van der Waals surface area contributed by atoms with Gasteiger partial charge < -0.3 is 10.1 Å². The first-order valence-electron chi connectivity index (χ1n) is 5.76. The standard InChI is InChI=1S/C13H21NO2/c1-5-10-7-6-8-11(9-10)14-12(15)16-13(2,3)4/h6-8,11H,5,9H2,1-4H3,(H,14,15)/t11-/m1/s1. The van der Waals surface area contributed by atoms with Crippen LogP contribution in [0.15, 0.2) is 23.8 Å². The van der Waals surface area contributed by atoms with Crippen LogP contribution in [-0.4, -0.2) is 17.7 Å². The molecule has 0 unspecified atom stereocenters. The van der Waals surface area contributed by atoms with E-state index in [2.05, 4.69) is 18.3 Å². The van der Waals surface area contributed by atoms with Gasteiger partial charge in [-0.1, -0.05) is 30.7 Å². The van der Waals surface area contributed by atoms with E-state index in [-0.39, 0.29) is 12.1 Å². The van der Waals surface area contributed by atoms with Gasteiger partial charge in [0.1, 0.15) is 5.60 Å². The van der Waals surface area contributed by atoms with Crippen LogP contribution in [0.2, 0.25) is 0 Å². The third kappa shape index (κ3) is 4.51. The summed E-state index contributed by atoms with van der Waals surface area (Å²) < 4.78 is 5.21. The van der Waals surface area contributed by atoms with Gasteiger partial charge in [0.05, 0.1) is 6.04 Å². The quantitative estimate of drug-likeness (QED) is 0.780. The van der Waals surface area contributed by atoms with Crippen LogP contribution in [0.5, 0.6) is 0 Å². The maximum absolute atomic E-state index is 11.5. The molecule has 16 heavy (non-hydrogen) atoms. The Kier molecular flexibility index (Phi) is 4.16. The van der Waals surface area contributed by atoms with E-state index in [1.807, 2.05) is 32.9 Å². The highest BCUT2D eigenvalue weighted by atomic mass is 16.6. The van der Waals surface area contributed by atoms with Crippen LogP contribution in [0.3, 0.4) is 0 Å². The van der Waals surface area contributed by atoms with Gasteiger partial charge in [-0.15, -0.1) is 0 Å². The Bertz CT molecular complexity index is 310. The summed E-state index contributed by atoms with van der Waals surface area (Å²) in [5.74, 6) is 0. The van der Waals surface area contributed by atoms with Crippen LogP contribution in [0.4, 0.5) is 4.79 Å². The average Bonchev–Trinajstić information content (AvgIpc) is 2.15. The van der Waals surface area contributed by atoms with Crippen molar-refractivity contribution in [2.24, 2.45) is 0 Å². The average molecular weight is 223 g/mol. The van der Waals surface area contributed by atoms with E-state index in [0.29, 0.717) is 0 Å². The highest BCUT2D eigenvalue weighted by Gasteiger charge is 2.19. The number of carbonyl (C=O) groups excluding carboxylic acids is 1. The van der Waals surface area contributed by atoms with E-state index in [1.165, 1.54) is 5.57 Å². The van der Waals surface area contributed by atoms with Crippen LogP contribution < -0.4 is 5.32 Å². The number of allylic oxidation sites excluding steroid dienone is 2. The van der Waals surface area contributed by atoms with Gasteiger partial charge >= 0.3 is 6.09 Å². The van der Waals surface area contributed by atoms with Crippen molar-refractivity contribution in [3.05, 3.63) is 23.8 Å². The van der Waals surface area contributed by atoms with Crippen molar-refractivity contribution in [1.82, 2.24) is 5.32 Å². The zero-order valence-electron chi connectivity index (χ0n) is 10.5. The minimum Gasteiger partial charge on any atom is -0.444 e. The van der Waals surface area contributed by atoms with E-state index >= 15 is 0 Å². The number of amides is 1. The monoisotopic (exact) mass is 223 g/mol. The fraction of sp³-hybridized carbons (Fsp3) is 0.615. The molecule has 0 aliphatic heterocycles. The second-order valence-corrected chi connectivity index (χ2v) is 5.02. The molecule has 0 fully saturated rings. The zero-order valence-corrected chi connectivity index (χ0v) is 10.5. The van der Waals surface area contributed by atoms with E-state index in [1.54, 1.807) is 0 Å². The Morgan fingerprint density at radius 2 is 2.25 bits per heavy atom. The van der Waals surface area contributed by atoms with Gasteiger partial charge in [-0.2, -0.15) is 0 Å². The Balaban J connectivity index is 2.42. The van der Waals surface area contributed by atoms with E-state index in [9.17, 15) is 4.79 Å². The maximum Gasteiger partial charge on any atom is 0.408 e. The number of nitrogens with one attached hydrogen (secondary N) is 1. The summed E-state index contributed by atoms with van der Waals surface area (Å²) in [6, 6.07) is 0.0646. The molecule has 0 heterocycles. The number of hydrogen-bond acceptors (Lipinski definition) is 2. The van der Waals surface area contributed by atoms with Crippen molar-refractivity contribution in [2.45, 2.75) is 52.2 Å². The summed E-state index contributed by atoms with van der Waals surface area (Å²) in [7, 11) is 0. The minimum atomic E-state index is -0.439. The summed E-state index contributed by atoms with van der Waals surface area (Å²) >= 11 is 0. The van der Waals surface area contributed by atoms with Crippen molar-refractivity contribution in [2.75, 3.05) is 0 Å². The molecule has 0 saturated heterocycles. The molecule has 0 bridgehead atoms. The molecule has 1 aliphatic carbocycles. The van der Waals surface area contributed by atoms with Crippen LogP contribution in [0, 0.1) is 0 Å². The Morgan fingerprint density at radius 1 is 1.56 bits per heavy atom. The molecule has 1 aliphatic rings. The van der Waals surface area contributed by atoms with Gasteiger partial charge in [0.15, 0.2) is 0 Å². The molecular weight excluding hydrogens is 202 g/mol. The Morgan fingerprint density at radius 3 is 2.81 bits per heavy atom. The summed E-state index contributed by atoms with van der Waals surface area (Å²) in [4.78, 5) is 11.5. The molecule has 0 aromatic rings. The SMILES string of the molecule is CCC1=CC=C[C@@H](NC(=O)OC(C)(C)C)C1. The zero-order chi connectivity index (χ0) is 12.2. The normalized spacial score (nSPS) is 20.2. The van der Waals surface area contributed by atoms with Crippen LogP contribution in [0.25, 0.3) is 0 Å². The second-order valence-electron chi connectivity index (χ2n) is 5.02. The predicted octanol–water partition coefficient (Wildman–Crippen LogP) is 3.18. The fourth-order valence-corrected chi connectivity index (χ4v) is 1.56. The van der Waals surface area contributed by atoms with E-state index in [0.717, 1.165) is 12.8 Å². The first-order valence-corrected chi connectivity index (χ1v) is 5.76. The molecule has 3 heteroatoms. The molecule has 0 spiro atoms. The summed E-state index contributed by atoms with van der Waals surface area (Å²) in [6.07, 6.45) is 7.64. The van der Waals surface area contributed by atoms with Crippen molar-refractivity contribution < 1.29 is 9.53 Å². The summed E-state index contributed by atoms with van der Waals surface area (Å²) in [6.45, 7) is 7.71. The Labute approximate surface area is 97.6 Å². The van der Waals surface area contributed by atoms with Crippen molar-refractivity contribution in [3.8, 4) is 0 Å². The lowest BCUT2D eigenvalue weighted by molar-refractivity contribution is 0.0514. The molecule has 0 aromatic heterocycles. The molecule has 1 atom stereocenters. The molecule has 0 aromatic carbocycles. The van der Waals surface area contributed by atoms with Crippen molar-refractivity contribution in [1.29, 1.82) is 0 Å². The van der Waals surface area contributed by atoms with Crippen molar-refractivity contribution in [3.63, 3.8) is 0 Å². The lowest BCUT2D eigenvalue weighted by Gasteiger charge is -2.23. The van der Waals surface area contributed by atoms with Crippen LogP contribution in [-0.2, 0) is 4.74 Å². The summed E-state index contributed by atoms with van der Waals surface area (Å²) in [5.41, 5.74) is 0.912. The lowest BCUT2D eigenvalue weighted by Crippen LogP contribution is -2.38. The molecule has 0 saturated carbocycles. The highest BCUT2D eigenvalue weighted by molar-refractivity contribution is 5.68. The Hall–Kier alpha value is -1.25. The molecule has 1 amide bonds. The van der Waals surface area contributed by atoms with Gasteiger partial charge in [0.25, 0.3) is 0 Å². The van der Waals surface area contributed by atoms with Crippen molar-refractivity contribution >= 4 is 6.09 Å². The first kappa shape index (κ1) is 12.8. The maximum atomic E-state index is 11.5. The van der Waals surface area contributed by atoms with Crippen LogP contribution in [0.1, 0.15) is 40.5 Å². The topological polar surface area (TPSA) is 38.3 Å². The lowest BCUT2D eigenvalue weighted by atomic mass is 9.99. The van der Waals surface area contributed by atoms with Gasteiger partial charge in [-0.3, -0.25) is 0 Å². The molecule has 0 radical (unpaired) electrons.